The maximum Gasteiger partial charge on any atom is 0.113 e. The lowest BCUT2D eigenvalue weighted by Crippen LogP contribution is -2.51. The molecule has 2 heterocycles. The van der Waals surface area contributed by atoms with Crippen molar-refractivity contribution in [3.05, 3.63) is 16.1 Å². The molecule has 0 radical (unpaired) electrons. The lowest BCUT2D eigenvalue weighted by molar-refractivity contribution is -0.0721. The first-order chi connectivity index (χ1) is 9.05. The van der Waals surface area contributed by atoms with Gasteiger partial charge in [-0.3, -0.25) is 0 Å². The summed E-state index contributed by atoms with van der Waals surface area (Å²) >= 11 is 1.75. The van der Waals surface area contributed by atoms with Gasteiger partial charge in [0.15, 0.2) is 0 Å². The van der Waals surface area contributed by atoms with Gasteiger partial charge < -0.3 is 14.8 Å². The molecular formula is C14H24N2O2S. The monoisotopic (exact) mass is 284 g/mol. The van der Waals surface area contributed by atoms with Crippen LogP contribution in [0.1, 0.15) is 37.4 Å². The van der Waals surface area contributed by atoms with Gasteiger partial charge >= 0.3 is 0 Å². The van der Waals surface area contributed by atoms with Crippen molar-refractivity contribution < 1.29 is 9.47 Å². The van der Waals surface area contributed by atoms with E-state index < -0.39 is 0 Å². The third-order valence-electron chi connectivity index (χ3n) is 3.53. The van der Waals surface area contributed by atoms with Crippen molar-refractivity contribution in [1.29, 1.82) is 0 Å². The van der Waals surface area contributed by atoms with Crippen LogP contribution in [0.5, 0.6) is 0 Å². The molecule has 1 N–H and O–H groups in total. The van der Waals surface area contributed by atoms with Crippen molar-refractivity contribution in [2.45, 2.75) is 51.4 Å². The van der Waals surface area contributed by atoms with E-state index in [1.165, 1.54) is 5.01 Å². The number of nitrogens with one attached hydrogen (secondary N) is 1. The highest BCUT2D eigenvalue weighted by Gasteiger charge is 2.41. The third kappa shape index (κ3) is 3.54. The van der Waals surface area contributed by atoms with Crippen LogP contribution in [-0.4, -0.2) is 37.5 Å². The Bertz CT molecular complexity index is 398. The minimum absolute atomic E-state index is 0.0610. The number of methoxy groups -OCH3 is 1. The Morgan fingerprint density at radius 1 is 1.47 bits per heavy atom. The van der Waals surface area contributed by atoms with E-state index in [1.54, 1.807) is 18.4 Å². The van der Waals surface area contributed by atoms with Crippen LogP contribution in [0.3, 0.4) is 0 Å². The molecule has 1 aliphatic rings. The molecule has 0 amide bonds. The number of hydrogen-bond donors (Lipinski definition) is 1. The van der Waals surface area contributed by atoms with Gasteiger partial charge in [0, 0.05) is 24.7 Å². The van der Waals surface area contributed by atoms with Crippen LogP contribution >= 0.6 is 11.3 Å². The van der Waals surface area contributed by atoms with Crippen LogP contribution in [-0.2, 0) is 15.0 Å². The Balaban J connectivity index is 2.21. The molecule has 4 nitrogen and oxygen atoms in total. The summed E-state index contributed by atoms with van der Waals surface area (Å²) in [5.74, 6) is 0. The maximum absolute atomic E-state index is 5.88. The van der Waals surface area contributed by atoms with Crippen molar-refractivity contribution in [1.82, 2.24) is 10.3 Å². The first-order valence-electron chi connectivity index (χ1n) is 6.88. The second-order valence-electron chi connectivity index (χ2n) is 5.46. The van der Waals surface area contributed by atoms with Gasteiger partial charge in [0.1, 0.15) is 5.01 Å². The van der Waals surface area contributed by atoms with Crippen LogP contribution in [0, 0.1) is 6.92 Å². The molecule has 0 aromatic carbocycles. The second-order valence-corrected chi connectivity index (χ2v) is 6.32. The van der Waals surface area contributed by atoms with Gasteiger partial charge in [-0.15, -0.1) is 11.3 Å². The quantitative estimate of drug-likeness (QED) is 0.844. The smallest absolute Gasteiger partial charge is 0.113 e. The number of rotatable bonds is 5. The Morgan fingerprint density at radius 3 is 2.68 bits per heavy atom. The standard InChI is InChI=1S/C14H24N2O2S/c1-10-9-19-13(16-10)14(15-5-6-17-4)7-11(2)18-12(3)8-14/h9,11-12,15H,5-8H2,1-4H3. The zero-order chi connectivity index (χ0) is 13.9. The Kier molecular flexibility index (Phi) is 4.95. The van der Waals surface area contributed by atoms with Gasteiger partial charge in [-0.25, -0.2) is 4.98 Å². The zero-order valence-corrected chi connectivity index (χ0v) is 13.0. The summed E-state index contributed by atoms with van der Waals surface area (Å²) < 4.78 is 11.0. The first-order valence-corrected chi connectivity index (χ1v) is 7.76. The predicted octanol–water partition coefficient (Wildman–Crippen LogP) is 2.47. The van der Waals surface area contributed by atoms with Crippen molar-refractivity contribution in [2.75, 3.05) is 20.3 Å². The van der Waals surface area contributed by atoms with Gasteiger partial charge in [-0.2, -0.15) is 0 Å². The van der Waals surface area contributed by atoms with E-state index in [4.69, 9.17) is 14.5 Å². The van der Waals surface area contributed by atoms with E-state index in [-0.39, 0.29) is 17.7 Å². The summed E-state index contributed by atoms with van der Waals surface area (Å²) in [5.41, 5.74) is 1.04. The number of nitrogens with zero attached hydrogens (tertiary/aromatic N) is 1. The molecule has 1 saturated heterocycles. The molecule has 1 aromatic rings. The summed E-state index contributed by atoms with van der Waals surface area (Å²) in [6.07, 6.45) is 2.44. The molecule has 108 valence electrons. The molecule has 0 saturated carbocycles. The topological polar surface area (TPSA) is 43.4 Å². The molecule has 0 aliphatic carbocycles. The van der Waals surface area contributed by atoms with Gasteiger partial charge in [-0.05, 0) is 33.6 Å². The van der Waals surface area contributed by atoms with Crippen LogP contribution in [0.2, 0.25) is 0 Å². The fourth-order valence-electron chi connectivity index (χ4n) is 2.92. The van der Waals surface area contributed by atoms with Gasteiger partial charge in [0.2, 0.25) is 0 Å². The number of hydrogen-bond acceptors (Lipinski definition) is 5. The van der Waals surface area contributed by atoms with Gasteiger partial charge in [0.25, 0.3) is 0 Å². The average Bonchev–Trinajstić information content (AvgIpc) is 2.75. The molecule has 5 heteroatoms. The Morgan fingerprint density at radius 2 is 2.16 bits per heavy atom. The summed E-state index contributed by atoms with van der Waals surface area (Å²) in [6, 6.07) is 0. The molecule has 1 aliphatic heterocycles. The molecule has 19 heavy (non-hydrogen) atoms. The lowest BCUT2D eigenvalue weighted by atomic mass is 9.84. The fourth-order valence-corrected chi connectivity index (χ4v) is 3.91. The summed E-state index contributed by atoms with van der Waals surface area (Å²) in [6.45, 7) is 7.89. The predicted molar refractivity (Wildman–Crippen MR) is 77.7 cm³/mol. The SMILES string of the molecule is COCCNC1(c2nc(C)cs2)CC(C)OC(C)C1. The van der Waals surface area contributed by atoms with E-state index in [0.29, 0.717) is 0 Å². The Hall–Kier alpha value is -0.490. The maximum atomic E-state index is 5.88. The van der Waals surface area contributed by atoms with Crippen molar-refractivity contribution >= 4 is 11.3 Å². The molecular weight excluding hydrogens is 260 g/mol. The van der Waals surface area contributed by atoms with Crippen molar-refractivity contribution in [3.63, 3.8) is 0 Å². The first kappa shape index (κ1) is 14.9. The highest BCUT2D eigenvalue weighted by Crippen LogP contribution is 2.38. The molecule has 1 fully saturated rings. The van der Waals surface area contributed by atoms with E-state index in [2.05, 4.69) is 31.5 Å². The van der Waals surface area contributed by atoms with Crippen molar-refractivity contribution in [3.8, 4) is 0 Å². The number of aromatic nitrogens is 1. The second kappa shape index (κ2) is 6.31. The summed E-state index contributed by atoms with van der Waals surface area (Å²) in [7, 11) is 1.73. The molecule has 2 unspecified atom stereocenters. The minimum Gasteiger partial charge on any atom is -0.383 e. The van der Waals surface area contributed by atoms with Gasteiger partial charge in [0.05, 0.1) is 24.4 Å². The van der Waals surface area contributed by atoms with Crippen LogP contribution in [0.4, 0.5) is 0 Å². The number of aryl methyl sites for hydroxylation is 1. The number of thiazole rings is 1. The lowest BCUT2D eigenvalue weighted by Gasteiger charge is -2.42. The van der Waals surface area contributed by atoms with E-state index >= 15 is 0 Å². The van der Waals surface area contributed by atoms with E-state index in [1.807, 2.05) is 0 Å². The highest BCUT2D eigenvalue weighted by atomic mass is 32.1. The molecule has 2 rings (SSSR count). The normalized spacial score (nSPS) is 31.6. The van der Waals surface area contributed by atoms with Crippen LogP contribution < -0.4 is 5.32 Å². The fraction of sp³-hybridized carbons (Fsp3) is 0.786. The summed E-state index contributed by atoms with van der Waals surface area (Å²) in [5, 5.41) is 6.98. The third-order valence-corrected chi connectivity index (χ3v) is 4.70. The Labute approximate surface area is 119 Å². The van der Waals surface area contributed by atoms with Gasteiger partial charge in [-0.1, -0.05) is 0 Å². The zero-order valence-electron chi connectivity index (χ0n) is 12.2. The van der Waals surface area contributed by atoms with E-state index in [9.17, 15) is 0 Å². The van der Waals surface area contributed by atoms with Crippen LogP contribution in [0.15, 0.2) is 5.38 Å². The molecule has 1 aromatic heterocycles. The van der Waals surface area contributed by atoms with Crippen molar-refractivity contribution in [2.24, 2.45) is 0 Å². The summed E-state index contributed by atoms with van der Waals surface area (Å²) in [4.78, 5) is 4.71. The molecule has 0 spiro atoms. The highest BCUT2D eigenvalue weighted by molar-refractivity contribution is 7.09. The average molecular weight is 284 g/mol. The molecule has 2 atom stereocenters. The molecule has 0 bridgehead atoms. The number of ether oxygens (including phenoxy) is 2. The van der Waals surface area contributed by atoms with E-state index in [0.717, 1.165) is 31.7 Å². The van der Waals surface area contributed by atoms with Crippen LogP contribution in [0.25, 0.3) is 0 Å². The minimum atomic E-state index is -0.0610. The largest absolute Gasteiger partial charge is 0.383 e.